The fraction of sp³-hybridized carbons (Fsp3) is 0.882. The van der Waals surface area contributed by atoms with Crippen molar-refractivity contribution in [3.8, 4) is 6.07 Å². The number of rotatable bonds is 4. The van der Waals surface area contributed by atoms with E-state index in [0.29, 0.717) is 24.4 Å². The number of nitrogens with zero attached hydrogens (tertiary/aromatic N) is 2. The van der Waals surface area contributed by atoms with Gasteiger partial charge in [-0.25, -0.2) is 0 Å². The lowest BCUT2D eigenvalue weighted by atomic mass is 9.94. The summed E-state index contributed by atoms with van der Waals surface area (Å²) in [7, 11) is 0. The number of likely N-dealkylation sites (tertiary alicyclic amines) is 1. The Hall–Kier alpha value is -1.12. The van der Waals surface area contributed by atoms with Crippen molar-refractivity contribution in [2.24, 2.45) is 11.8 Å². The Morgan fingerprint density at radius 3 is 2.68 bits per heavy atom. The second-order valence-corrected chi connectivity index (χ2v) is 7.43. The molecular formula is C17H27N3O2. The summed E-state index contributed by atoms with van der Waals surface area (Å²) in [6.45, 7) is 3.13. The van der Waals surface area contributed by atoms with Gasteiger partial charge < -0.3 is 15.3 Å². The van der Waals surface area contributed by atoms with Crippen LogP contribution in [0.1, 0.15) is 51.9 Å². The molecule has 5 nitrogen and oxygen atoms in total. The summed E-state index contributed by atoms with van der Waals surface area (Å²) in [5, 5.41) is 22.9. The number of hydrogen-bond acceptors (Lipinski definition) is 4. The fourth-order valence-electron chi connectivity index (χ4n) is 4.76. The molecule has 2 N–H and O–H groups in total. The standard InChI is InChI=1S/C17H27N3O2/c1-2-17(22)8-12-6-14(7-13(12)9-17)19-11-16(21)20-5-3-4-15(20)10-18/h12-15,19,22H,2-9,11H2,1H3/t12-,13+,14?,15-,17?/m0/s1. The van der Waals surface area contributed by atoms with Gasteiger partial charge in [-0.1, -0.05) is 6.92 Å². The van der Waals surface area contributed by atoms with Gasteiger partial charge in [0.1, 0.15) is 6.04 Å². The van der Waals surface area contributed by atoms with Crippen molar-refractivity contribution in [3.05, 3.63) is 0 Å². The molecule has 1 amide bonds. The van der Waals surface area contributed by atoms with Gasteiger partial charge in [0.15, 0.2) is 0 Å². The van der Waals surface area contributed by atoms with Crippen LogP contribution in [0.25, 0.3) is 0 Å². The number of hydrogen-bond donors (Lipinski definition) is 2. The molecular weight excluding hydrogens is 278 g/mol. The second kappa shape index (κ2) is 6.17. The van der Waals surface area contributed by atoms with E-state index in [0.717, 1.165) is 51.5 Å². The van der Waals surface area contributed by atoms with E-state index in [1.54, 1.807) is 4.90 Å². The highest BCUT2D eigenvalue weighted by atomic mass is 16.3. The molecule has 122 valence electrons. The molecule has 3 fully saturated rings. The Morgan fingerprint density at radius 1 is 1.41 bits per heavy atom. The first-order chi connectivity index (χ1) is 10.5. The first kappa shape index (κ1) is 15.8. The second-order valence-electron chi connectivity index (χ2n) is 7.43. The van der Waals surface area contributed by atoms with Crippen LogP contribution in [0.4, 0.5) is 0 Å². The summed E-state index contributed by atoms with van der Waals surface area (Å²) in [5.74, 6) is 1.28. The van der Waals surface area contributed by atoms with Crippen molar-refractivity contribution in [2.75, 3.05) is 13.1 Å². The van der Waals surface area contributed by atoms with Crippen LogP contribution in [-0.2, 0) is 4.79 Å². The molecule has 3 aliphatic rings. The van der Waals surface area contributed by atoms with Gasteiger partial charge in [-0.3, -0.25) is 4.79 Å². The number of nitriles is 1. The number of nitrogens with one attached hydrogen (secondary N) is 1. The molecule has 3 rings (SSSR count). The van der Waals surface area contributed by atoms with E-state index < -0.39 is 5.60 Å². The van der Waals surface area contributed by atoms with Crippen molar-refractivity contribution in [2.45, 2.75) is 69.6 Å². The number of carbonyl (C=O) groups excluding carboxylic acids is 1. The van der Waals surface area contributed by atoms with Crippen LogP contribution < -0.4 is 5.32 Å². The summed E-state index contributed by atoms with van der Waals surface area (Å²) in [5.41, 5.74) is -0.439. The normalized spacial score (nSPS) is 40.7. The average Bonchev–Trinajstić information content (AvgIpc) is 3.17. The summed E-state index contributed by atoms with van der Waals surface area (Å²) in [4.78, 5) is 14.0. The molecule has 0 bridgehead atoms. The predicted molar refractivity (Wildman–Crippen MR) is 82.8 cm³/mol. The van der Waals surface area contributed by atoms with Gasteiger partial charge in [-0.2, -0.15) is 5.26 Å². The minimum Gasteiger partial charge on any atom is -0.390 e. The van der Waals surface area contributed by atoms with E-state index in [1.165, 1.54) is 0 Å². The zero-order valence-corrected chi connectivity index (χ0v) is 13.4. The molecule has 1 saturated heterocycles. The van der Waals surface area contributed by atoms with Crippen LogP contribution in [0.5, 0.6) is 0 Å². The number of carbonyl (C=O) groups is 1. The number of aliphatic hydroxyl groups is 1. The highest BCUT2D eigenvalue weighted by Crippen LogP contribution is 2.49. The molecule has 2 aliphatic carbocycles. The van der Waals surface area contributed by atoms with Crippen LogP contribution in [0, 0.1) is 23.2 Å². The first-order valence-electron chi connectivity index (χ1n) is 8.69. The fourth-order valence-corrected chi connectivity index (χ4v) is 4.76. The van der Waals surface area contributed by atoms with Crippen LogP contribution in [0.15, 0.2) is 0 Å². The van der Waals surface area contributed by atoms with E-state index in [-0.39, 0.29) is 11.9 Å². The summed E-state index contributed by atoms with van der Waals surface area (Å²) >= 11 is 0. The topological polar surface area (TPSA) is 76.4 Å². The molecule has 2 unspecified atom stereocenters. The molecule has 0 spiro atoms. The van der Waals surface area contributed by atoms with Crippen LogP contribution in [0.2, 0.25) is 0 Å². The largest absolute Gasteiger partial charge is 0.390 e. The molecule has 0 aromatic heterocycles. The first-order valence-corrected chi connectivity index (χ1v) is 8.69. The SMILES string of the molecule is CCC1(O)C[C@H]2CC(NCC(=O)N3CCC[C@H]3C#N)C[C@H]2C1. The van der Waals surface area contributed by atoms with Gasteiger partial charge in [-0.05, 0) is 56.8 Å². The quantitative estimate of drug-likeness (QED) is 0.823. The monoisotopic (exact) mass is 305 g/mol. The maximum atomic E-state index is 12.2. The molecule has 1 aliphatic heterocycles. The lowest BCUT2D eigenvalue weighted by molar-refractivity contribution is -0.130. The number of amides is 1. The van der Waals surface area contributed by atoms with E-state index in [4.69, 9.17) is 5.26 Å². The summed E-state index contributed by atoms with van der Waals surface area (Å²) in [6.07, 6.45) is 6.58. The third kappa shape index (κ3) is 3.00. The minimum atomic E-state index is -0.439. The van der Waals surface area contributed by atoms with Crippen LogP contribution >= 0.6 is 0 Å². The molecule has 0 radical (unpaired) electrons. The van der Waals surface area contributed by atoms with E-state index in [2.05, 4.69) is 18.3 Å². The van der Waals surface area contributed by atoms with E-state index >= 15 is 0 Å². The summed E-state index contributed by atoms with van der Waals surface area (Å²) in [6, 6.07) is 2.39. The third-order valence-electron chi connectivity index (χ3n) is 6.05. The molecule has 1 heterocycles. The maximum absolute atomic E-state index is 12.2. The lowest BCUT2D eigenvalue weighted by Crippen LogP contribution is -2.43. The number of fused-ring (bicyclic) bond motifs is 1. The molecule has 5 heteroatoms. The Kier molecular flexibility index (Phi) is 4.42. The van der Waals surface area contributed by atoms with Gasteiger partial charge in [0, 0.05) is 12.6 Å². The average molecular weight is 305 g/mol. The predicted octanol–water partition coefficient (Wildman–Crippen LogP) is 1.42. The summed E-state index contributed by atoms with van der Waals surface area (Å²) < 4.78 is 0. The maximum Gasteiger partial charge on any atom is 0.237 e. The zero-order chi connectivity index (χ0) is 15.7. The molecule has 5 atom stereocenters. The Bertz CT molecular complexity index is 459. The van der Waals surface area contributed by atoms with Gasteiger partial charge in [0.05, 0.1) is 18.2 Å². The van der Waals surface area contributed by atoms with Crippen LogP contribution in [-0.4, -0.2) is 46.7 Å². The van der Waals surface area contributed by atoms with Gasteiger partial charge in [-0.15, -0.1) is 0 Å². The van der Waals surface area contributed by atoms with Crippen LogP contribution in [0.3, 0.4) is 0 Å². The van der Waals surface area contributed by atoms with E-state index in [1.807, 2.05) is 0 Å². The zero-order valence-electron chi connectivity index (χ0n) is 13.4. The lowest BCUT2D eigenvalue weighted by Gasteiger charge is -2.24. The highest BCUT2D eigenvalue weighted by molar-refractivity contribution is 5.79. The molecule has 22 heavy (non-hydrogen) atoms. The van der Waals surface area contributed by atoms with Gasteiger partial charge in [0.2, 0.25) is 5.91 Å². The Labute approximate surface area is 132 Å². The van der Waals surface area contributed by atoms with Crippen molar-refractivity contribution >= 4 is 5.91 Å². The van der Waals surface area contributed by atoms with Crippen molar-refractivity contribution in [3.63, 3.8) is 0 Å². The minimum absolute atomic E-state index is 0.0613. The van der Waals surface area contributed by atoms with E-state index in [9.17, 15) is 9.90 Å². The third-order valence-corrected chi connectivity index (χ3v) is 6.05. The smallest absolute Gasteiger partial charge is 0.237 e. The van der Waals surface area contributed by atoms with Crippen molar-refractivity contribution in [1.82, 2.24) is 10.2 Å². The van der Waals surface area contributed by atoms with Crippen molar-refractivity contribution < 1.29 is 9.90 Å². The molecule has 2 saturated carbocycles. The van der Waals surface area contributed by atoms with Gasteiger partial charge in [0.25, 0.3) is 0 Å². The Balaban J connectivity index is 1.45. The molecule has 0 aromatic rings. The van der Waals surface area contributed by atoms with Gasteiger partial charge >= 0.3 is 0 Å². The Morgan fingerprint density at radius 2 is 2.09 bits per heavy atom. The van der Waals surface area contributed by atoms with Crippen molar-refractivity contribution in [1.29, 1.82) is 5.26 Å². The highest BCUT2D eigenvalue weighted by Gasteiger charge is 2.47. The molecule has 0 aromatic carbocycles.